The van der Waals surface area contributed by atoms with Gasteiger partial charge in [0.25, 0.3) is 5.56 Å². The fraction of sp³-hybridized carbons (Fsp3) is 0.500. The van der Waals surface area contributed by atoms with Crippen LogP contribution in [0, 0.1) is 17.1 Å². The summed E-state index contributed by atoms with van der Waals surface area (Å²) in [5.41, 5.74) is -5.36. The summed E-state index contributed by atoms with van der Waals surface area (Å²) in [6.07, 6.45) is -6.18. The third kappa shape index (κ3) is 2.55. The van der Waals surface area contributed by atoms with E-state index in [4.69, 9.17) is 16.3 Å². The van der Waals surface area contributed by atoms with Crippen LogP contribution in [0.5, 0.6) is 0 Å². The number of nitrogens with one attached hydrogen (secondary N) is 1. The Morgan fingerprint density at radius 2 is 2.23 bits per heavy atom. The maximum atomic E-state index is 15.0. The fourth-order valence-electron chi connectivity index (χ4n) is 2.20. The van der Waals surface area contributed by atoms with E-state index in [0.717, 1.165) is 0 Å². The minimum absolute atomic E-state index is 0.392. The van der Waals surface area contributed by atoms with Crippen LogP contribution in [0.25, 0.3) is 0 Å². The van der Waals surface area contributed by atoms with Crippen molar-refractivity contribution in [2.45, 2.75) is 37.1 Å². The zero-order valence-electron chi connectivity index (χ0n) is 11.1. The van der Waals surface area contributed by atoms with Crippen LogP contribution in [0.1, 0.15) is 13.2 Å². The summed E-state index contributed by atoms with van der Waals surface area (Å²) in [6, 6.07) is 0. The Kier molecular flexibility index (Phi) is 4.39. The van der Waals surface area contributed by atoms with Gasteiger partial charge in [0.1, 0.15) is 12.2 Å². The first-order valence-corrected chi connectivity index (χ1v) is 6.44. The zero-order valence-corrected chi connectivity index (χ0v) is 11.8. The van der Waals surface area contributed by atoms with Crippen LogP contribution in [-0.4, -0.2) is 43.7 Å². The van der Waals surface area contributed by atoms with Crippen molar-refractivity contribution in [3.63, 3.8) is 0 Å². The Labute approximate surface area is 127 Å². The lowest BCUT2D eigenvalue weighted by molar-refractivity contribution is -0.0805. The van der Waals surface area contributed by atoms with Gasteiger partial charge in [-0.15, -0.1) is 0 Å². The number of ether oxygens (including phenoxy) is 1. The Morgan fingerprint density at radius 1 is 1.59 bits per heavy atom. The molecule has 2 rings (SSSR count). The highest BCUT2D eigenvalue weighted by Gasteiger charge is 2.59. The van der Waals surface area contributed by atoms with Crippen molar-refractivity contribution in [3.8, 4) is 11.3 Å². The van der Waals surface area contributed by atoms with Crippen LogP contribution in [0.15, 0.2) is 15.8 Å². The topological polar surface area (TPSA) is 105 Å². The van der Waals surface area contributed by atoms with Crippen LogP contribution >= 0.6 is 11.6 Å². The first kappa shape index (κ1) is 16.6. The number of hydrogen-bond donors (Lipinski definition) is 3. The van der Waals surface area contributed by atoms with Crippen molar-refractivity contribution < 1.29 is 23.7 Å². The number of aliphatic hydroxyl groups excluding tert-OH is 2. The molecule has 10 heteroatoms. The fourth-order valence-corrected chi connectivity index (χ4v) is 2.34. The van der Waals surface area contributed by atoms with Gasteiger partial charge < -0.3 is 14.9 Å². The molecule has 0 saturated carbocycles. The molecule has 0 bridgehead atoms. The first-order valence-electron chi connectivity index (χ1n) is 6.06. The second-order valence-corrected chi connectivity index (χ2v) is 4.96. The van der Waals surface area contributed by atoms with Gasteiger partial charge in [0, 0.05) is 5.38 Å². The first-order chi connectivity index (χ1) is 10.2. The normalized spacial score (nSPS) is 32.4. The van der Waals surface area contributed by atoms with Crippen LogP contribution in [-0.2, 0) is 4.74 Å². The summed E-state index contributed by atoms with van der Waals surface area (Å²) in [6.45, 7) is 1.22. The minimum Gasteiger partial charge on any atom is -0.391 e. The molecule has 0 radical (unpaired) electrons. The molecule has 1 aliphatic rings. The molecule has 2 heterocycles. The van der Waals surface area contributed by atoms with E-state index in [1.54, 1.807) is 10.4 Å². The molecule has 7 nitrogen and oxygen atoms in total. The van der Waals surface area contributed by atoms with Gasteiger partial charge in [-0.1, -0.05) is 0 Å². The molecule has 1 saturated heterocycles. The van der Waals surface area contributed by atoms with E-state index in [9.17, 15) is 28.6 Å². The molecule has 5 atom stereocenters. The van der Waals surface area contributed by atoms with Gasteiger partial charge in [-0.25, -0.2) is 9.18 Å². The summed E-state index contributed by atoms with van der Waals surface area (Å²) in [4.78, 5) is 24.4. The monoisotopic (exact) mass is 336 g/mol. The van der Waals surface area contributed by atoms with Gasteiger partial charge >= 0.3 is 5.69 Å². The molecule has 120 valence electrons. The lowest BCUT2D eigenvalue weighted by Gasteiger charge is -2.23. The number of H-pyrrole nitrogens is 1. The third-order valence-electron chi connectivity index (χ3n) is 3.28. The maximum Gasteiger partial charge on any atom is 0.330 e. The van der Waals surface area contributed by atoms with E-state index in [1.807, 2.05) is 5.92 Å². The van der Waals surface area contributed by atoms with E-state index < -0.39 is 47.3 Å². The molecule has 0 aliphatic carbocycles. The Balaban J connectivity index is 2.61. The largest absolute Gasteiger partial charge is 0.391 e. The van der Waals surface area contributed by atoms with Crippen molar-refractivity contribution in [1.29, 1.82) is 0 Å². The highest BCUT2D eigenvalue weighted by atomic mass is 35.5. The third-order valence-corrected chi connectivity index (χ3v) is 3.37. The van der Waals surface area contributed by atoms with Crippen LogP contribution < -0.4 is 11.2 Å². The molecule has 1 fully saturated rings. The van der Waals surface area contributed by atoms with E-state index in [1.165, 1.54) is 6.92 Å². The van der Waals surface area contributed by atoms with Gasteiger partial charge in [-0.3, -0.25) is 14.3 Å². The van der Waals surface area contributed by atoms with Crippen molar-refractivity contribution in [3.05, 3.63) is 32.9 Å². The number of halogens is 3. The van der Waals surface area contributed by atoms with Crippen molar-refractivity contribution in [2.24, 2.45) is 0 Å². The van der Waals surface area contributed by atoms with Crippen LogP contribution in [0.2, 0.25) is 0 Å². The van der Waals surface area contributed by atoms with Crippen molar-refractivity contribution in [2.75, 3.05) is 0 Å². The van der Waals surface area contributed by atoms with Crippen LogP contribution in [0.3, 0.4) is 0 Å². The van der Waals surface area contributed by atoms with E-state index >= 15 is 0 Å². The molecule has 22 heavy (non-hydrogen) atoms. The molecule has 1 aliphatic heterocycles. The Morgan fingerprint density at radius 3 is 2.77 bits per heavy atom. The lowest BCUT2D eigenvalue weighted by atomic mass is 9.95. The highest BCUT2D eigenvalue weighted by molar-refractivity contribution is 6.30. The molecule has 3 N–H and O–H groups in total. The summed E-state index contributed by atoms with van der Waals surface area (Å²) in [5.74, 6) is 0.492. The summed E-state index contributed by atoms with van der Waals surface area (Å²) >= 11 is 5.16. The highest BCUT2D eigenvalue weighted by Crippen LogP contribution is 2.41. The number of hydrogen-bond acceptors (Lipinski definition) is 5. The van der Waals surface area contributed by atoms with Gasteiger partial charge in [-0.05, 0) is 24.4 Å². The maximum absolute atomic E-state index is 15.0. The second kappa shape index (κ2) is 5.81. The summed E-state index contributed by atoms with van der Waals surface area (Å²) in [5, 5.41) is 21.2. The summed E-state index contributed by atoms with van der Waals surface area (Å²) in [7, 11) is 0. The smallest absolute Gasteiger partial charge is 0.330 e. The van der Waals surface area contributed by atoms with Gasteiger partial charge in [0.05, 0.1) is 12.3 Å². The number of aromatic nitrogens is 2. The van der Waals surface area contributed by atoms with Gasteiger partial charge in [0.15, 0.2) is 6.23 Å². The quantitative estimate of drug-likeness (QED) is 0.615. The number of rotatable bonds is 2. The number of nitrogens with zero attached hydrogens (tertiary/aromatic N) is 1. The number of alkyl halides is 1. The van der Waals surface area contributed by atoms with Crippen molar-refractivity contribution >= 4 is 11.6 Å². The molecule has 0 aromatic carbocycles. The van der Waals surface area contributed by atoms with Gasteiger partial charge in [0.2, 0.25) is 11.5 Å². The number of aromatic amines is 1. The van der Waals surface area contributed by atoms with Crippen molar-refractivity contribution in [1.82, 2.24) is 9.55 Å². The molecule has 0 amide bonds. The van der Waals surface area contributed by atoms with Gasteiger partial charge in [-0.2, -0.15) is 4.39 Å². The molecule has 1 aromatic heterocycles. The summed E-state index contributed by atoms with van der Waals surface area (Å²) < 4.78 is 33.8. The van der Waals surface area contributed by atoms with E-state index in [2.05, 4.69) is 0 Å². The molecular weight excluding hydrogens is 326 g/mol. The Bertz CT molecular complexity index is 752. The standard InChI is InChI=1S/C12H11ClF2N2O5/c1-5(18)7-8(19)12(15,2-3-13)10(22-7)17-4-6(14)9(20)16-11(17)21/h4-5,7-8,10,18-19H,1H3,(H,16,20,21)/t5-,7-,8?,10-,12?/m1/s1. The molecule has 1 aromatic rings. The SMILES string of the molecule is C[C@@H](O)[C@H]1O[C@@H](n2cc(F)c(=O)[nH]c2=O)C(F)(C#CCl)C1O. The molecule has 2 unspecified atom stereocenters. The van der Waals surface area contributed by atoms with Crippen LogP contribution in [0.4, 0.5) is 8.78 Å². The average molecular weight is 337 g/mol. The molecule has 0 spiro atoms. The zero-order chi connectivity index (χ0) is 16.7. The predicted octanol–water partition coefficient (Wildman–Crippen LogP) is -0.777. The number of aliphatic hydroxyl groups is 2. The van der Waals surface area contributed by atoms with E-state index in [-0.39, 0.29) is 0 Å². The molecular formula is C12H11ClF2N2O5. The lowest BCUT2D eigenvalue weighted by Crippen LogP contribution is -2.46. The Hall–Kier alpha value is -1.73. The van der Waals surface area contributed by atoms with E-state index in [0.29, 0.717) is 10.8 Å². The predicted molar refractivity (Wildman–Crippen MR) is 70.3 cm³/mol. The second-order valence-electron chi connectivity index (χ2n) is 4.77. The minimum atomic E-state index is -2.89. The average Bonchev–Trinajstić information content (AvgIpc) is 2.68.